The molecule has 0 aliphatic carbocycles. The van der Waals surface area contributed by atoms with Crippen molar-refractivity contribution >= 4 is 10.0 Å². The molecular formula is C22H24N2O4S. The molecule has 0 radical (unpaired) electrons. The molecule has 6 nitrogen and oxygen atoms in total. The number of nitrogens with two attached hydrogens (primary N) is 1. The zero-order valence-corrected chi connectivity index (χ0v) is 16.9. The van der Waals surface area contributed by atoms with E-state index in [1.54, 1.807) is 25.4 Å². The van der Waals surface area contributed by atoms with Crippen molar-refractivity contribution in [3.05, 3.63) is 78.6 Å². The summed E-state index contributed by atoms with van der Waals surface area (Å²) in [7, 11) is -3.84. The third kappa shape index (κ3) is 5.63. The summed E-state index contributed by atoms with van der Waals surface area (Å²) in [5, 5.41) is 15.8. The first-order chi connectivity index (χ1) is 13.8. The van der Waals surface area contributed by atoms with Crippen molar-refractivity contribution in [1.29, 1.82) is 0 Å². The van der Waals surface area contributed by atoms with E-state index in [9.17, 15) is 13.5 Å². The predicted octanol–water partition coefficient (Wildman–Crippen LogP) is 3.16. The molecule has 7 heteroatoms. The van der Waals surface area contributed by atoms with E-state index in [4.69, 9.17) is 9.88 Å². The summed E-state index contributed by atoms with van der Waals surface area (Å²) in [6.45, 7) is 1.79. The van der Waals surface area contributed by atoms with Crippen LogP contribution in [0.3, 0.4) is 0 Å². The maximum atomic E-state index is 11.8. The summed E-state index contributed by atoms with van der Waals surface area (Å²) in [4.78, 5) is 4.08. The highest BCUT2D eigenvalue weighted by molar-refractivity contribution is 7.89. The van der Waals surface area contributed by atoms with Crippen LogP contribution in [0.4, 0.5) is 0 Å². The molecule has 0 fully saturated rings. The molecule has 0 amide bonds. The minimum atomic E-state index is -3.84. The summed E-state index contributed by atoms with van der Waals surface area (Å²) in [6, 6.07) is 17.6. The second-order valence-corrected chi connectivity index (χ2v) is 8.42. The SMILES string of the molecule is CC(Oc1ccc(S(N)(=O)=O)cc1-c1ccccc1)C(O)CCc1cccnc1. The lowest BCUT2D eigenvalue weighted by atomic mass is 10.0. The van der Waals surface area contributed by atoms with Crippen LogP contribution in [-0.2, 0) is 16.4 Å². The van der Waals surface area contributed by atoms with Gasteiger partial charge in [0.15, 0.2) is 0 Å². The second kappa shape index (κ2) is 9.17. The fraction of sp³-hybridized carbons (Fsp3) is 0.227. The molecule has 0 aliphatic rings. The van der Waals surface area contributed by atoms with E-state index in [0.29, 0.717) is 24.2 Å². The number of rotatable bonds is 8. The molecule has 1 heterocycles. The van der Waals surface area contributed by atoms with Crippen LogP contribution in [0.2, 0.25) is 0 Å². The second-order valence-electron chi connectivity index (χ2n) is 6.86. The Kier molecular flexibility index (Phi) is 6.64. The summed E-state index contributed by atoms with van der Waals surface area (Å²) in [5.74, 6) is 0.483. The third-order valence-corrected chi connectivity index (χ3v) is 5.58. The van der Waals surface area contributed by atoms with Gasteiger partial charge in [-0.2, -0.15) is 0 Å². The minimum Gasteiger partial charge on any atom is -0.487 e. The first-order valence-corrected chi connectivity index (χ1v) is 10.8. The molecule has 3 rings (SSSR count). The van der Waals surface area contributed by atoms with Crippen LogP contribution in [0.5, 0.6) is 5.75 Å². The molecule has 152 valence electrons. The lowest BCUT2D eigenvalue weighted by Gasteiger charge is -2.22. The number of aliphatic hydroxyl groups is 1. The van der Waals surface area contributed by atoms with Gasteiger partial charge in [0.25, 0.3) is 0 Å². The molecule has 3 aromatic rings. The first-order valence-electron chi connectivity index (χ1n) is 9.30. The van der Waals surface area contributed by atoms with Crippen molar-refractivity contribution in [3.63, 3.8) is 0 Å². The number of hydrogen-bond donors (Lipinski definition) is 2. The summed E-state index contributed by atoms with van der Waals surface area (Å²) < 4.78 is 29.6. The largest absolute Gasteiger partial charge is 0.487 e. The van der Waals surface area contributed by atoms with Crippen molar-refractivity contribution in [1.82, 2.24) is 4.98 Å². The Morgan fingerprint density at radius 3 is 2.52 bits per heavy atom. The molecule has 29 heavy (non-hydrogen) atoms. The number of aromatic nitrogens is 1. The molecule has 2 aromatic carbocycles. The lowest BCUT2D eigenvalue weighted by Crippen LogP contribution is -2.29. The number of benzene rings is 2. The van der Waals surface area contributed by atoms with Crippen LogP contribution in [0, 0.1) is 0 Å². The fourth-order valence-corrected chi connectivity index (χ4v) is 3.55. The van der Waals surface area contributed by atoms with Gasteiger partial charge in [0.2, 0.25) is 10.0 Å². The number of aliphatic hydroxyl groups excluding tert-OH is 1. The highest BCUT2D eigenvalue weighted by Crippen LogP contribution is 2.33. The Morgan fingerprint density at radius 2 is 1.86 bits per heavy atom. The molecular weight excluding hydrogens is 388 g/mol. The number of primary sulfonamides is 1. The predicted molar refractivity (Wildman–Crippen MR) is 112 cm³/mol. The molecule has 1 aromatic heterocycles. The maximum absolute atomic E-state index is 11.8. The Balaban J connectivity index is 1.80. The summed E-state index contributed by atoms with van der Waals surface area (Å²) in [5.41, 5.74) is 2.44. The molecule has 0 bridgehead atoms. The Hall–Kier alpha value is -2.74. The Morgan fingerprint density at radius 1 is 1.10 bits per heavy atom. The lowest BCUT2D eigenvalue weighted by molar-refractivity contribution is 0.0423. The van der Waals surface area contributed by atoms with Gasteiger partial charge in [-0.1, -0.05) is 36.4 Å². The average Bonchev–Trinajstić information content (AvgIpc) is 2.72. The van der Waals surface area contributed by atoms with E-state index in [1.807, 2.05) is 42.5 Å². The van der Waals surface area contributed by atoms with Gasteiger partial charge in [0.1, 0.15) is 11.9 Å². The van der Waals surface area contributed by atoms with Crippen LogP contribution in [0.25, 0.3) is 11.1 Å². The number of hydrogen-bond acceptors (Lipinski definition) is 5. The van der Waals surface area contributed by atoms with Crippen molar-refractivity contribution < 1.29 is 18.3 Å². The Labute approximate surface area is 171 Å². The normalized spacial score (nSPS) is 13.6. The van der Waals surface area contributed by atoms with Gasteiger partial charge >= 0.3 is 0 Å². The van der Waals surface area contributed by atoms with Crippen LogP contribution in [-0.4, -0.2) is 30.7 Å². The smallest absolute Gasteiger partial charge is 0.238 e. The van der Waals surface area contributed by atoms with Gasteiger partial charge in [0, 0.05) is 18.0 Å². The third-order valence-electron chi connectivity index (χ3n) is 4.67. The van der Waals surface area contributed by atoms with Crippen LogP contribution < -0.4 is 9.88 Å². The van der Waals surface area contributed by atoms with Crippen molar-refractivity contribution in [2.45, 2.75) is 36.9 Å². The van der Waals surface area contributed by atoms with Gasteiger partial charge in [-0.15, -0.1) is 0 Å². The van der Waals surface area contributed by atoms with Crippen LogP contribution in [0.15, 0.2) is 78.0 Å². The minimum absolute atomic E-state index is 0.00785. The van der Waals surface area contributed by atoms with Gasteiger partial charge in [-0.05, 0) is 55.2 Å². The fourth-order valence-electron chi connectivity index (χ4n) is 3.01. The molecule has 2 unspecified atom stereocenters. The molecule has 3 N–H and O–H groups in total. The van der Waals surface area contributed by atoms with Gasteiger partial charge < -0.3 is 9.84 Å². The quantitative estimate of drug-likeness (QED) is 0.592. The number of sulfonamides is 1. The molecule has 0 spiro atoms. The average molecular weight is 413 g/mol. The van der Waals surface area contributed by atoms with E-state index in [-0.39, 0.29) is 4.90 Å². The standard InChI is InChI=1S/C22H24N2O4S/c1-16(21(25)11-9-17-6-5-13-24-15-17)28-22-12-10-19(29(23,26)27)14-20(22)18-7-3-2-4-8-18/h2-8,10,12-16,21,25H,9,11H2,1H3,(H2,23,26,27). The zero-order chi connectivity index (χ0) is 20.9. The van der Waals surface area contributed by atoms with Crippen LogP contribution >= 0.6 is 0 Å². The number of ether oxygens (including phenoxy) is 1. The van der Waals surface area contributed by atoms with Gasteiger partial charge in [0.05, 0.1) is 11.0 Å². The van der Waals surface area contributed by atoms with E-state index >= 15 is 0 Å². The number of nitrogens with zero attached hydrogens (tertiary/aromatic N) is 1. The molecule has 2 atom stereocenters. The number of pyridine rings is 1. The number of aryl methyl sites for hydroxylation is 1. The highest BCUT2D eigenvalue weighted by atomic mass is 32.2. The maximum Gasteiger partial charge on any atom is 0.238 e. The van der Waals surface area contributed by atoms with Crippen molar-refractivity contribution in [2.75, 3.05) is 0 Å². The first kappa shape index (κ1) is 21.0. The van der Waals surface area contributed by atoms with E-state index in [1.165, 1.54) is 12.1 Å². The zero-order valence-electron chi connectivity index (χ0n) is 16.1. The summed E-state index contributed by atoms with van der Waals surface area (Å²) in [6.07, 6.45) is 3.49. The van der Waals surface area contributed by atoms with Crippen molar-refractivity contribution in [3.8, 4) is 16.9 Å². The van der Waals surface area contributed by atoms with Gasteiger partial charge in [-0.25, -0.2) is 13.6 Å². The Bertz CT molecular complexity index is 1040. The highest BCUT2D eigenvalue weighted by Gasteiger charge is 2.20. The molecule has 0 saturated heterocycles. The van der Waals surface area contributed by atoms with Crippen LogP contribution in [0.1, 0.15) is 18.9 Å². The van der Waals surface area contributed by atoms with E-state index < -0.39 is 22.2 Å². The molecule has 0 aliphatic heterocycles. The van der Waals surface area contributed by atoms with E-state index in [2.05, 4.69) is 4.98 Å². The van der Waals surface area contributed by atoms with Crippen molar-refractivity contribution in [2.24, 2.45) is 5.14 Å². The monoisotopic (exact) mass is 412 g/mol. The van der Waals surface area contributed by atoms with Gasteiger partial charge in [-0.3, -0.25) is 4.98 Å². The summed E-state index contributed by atoms with van der Waals surface area (Å²) >= 11 is 0. The topological polar surface area (TPSA) is 103 Å². The molecule has 0 saturated carbocycles. The van der Waals surface area contributed by atoms with E-state index in [0.717, 1.165) is 11.1 Å².